The van der Waals surface area contributed by atoms with Gasteiger partial charge in [-0.1, -0.05) is 11.6 Å². The number of rotatable bonds is 10. The molecule has 3 atom stereocenters. The summed E-state index contributed by atoms with van der Waals surface area (Å²) in [5.74, 6) is -0.0906. The summed E-state index contributed by atoms with van der Waals surface area (Å²) in [6, 6.07) is 12.0. The molecule has 3 aromatic carbocycles. The first kappa shape index (κ1) is 37.6. The molecule has 0 spiro atoms. The molecule has 1 saturated heterocycles. The fourth-order valence-corrected chi connectivity index (χ4v) is 6.08. The van der Waals surface area contributed by atoms with Crippen molar-refractivity contribution in [2.75, 3.05) is 62.7 Å². The van der Waals surface area contributed by atoms with Crippen molar-refractivity contribution in [1.82, 2.24) is 19.9 Å². The number of aliphatic hydroxyl groups excluding tert-OH is 1. The maximum absolute atomic E-state index is 14.4. The highest BCUT2D eigenvalue weighted by Gasteiger charge is 2.35. The van der Waals surface area contributed by atoms with E-state index >= 15 is 0 Å². The molecule has 17 heteroatoms. The van der Waals surface area contributed by atoms with Crippen molar-refractivity contribution in [3.63, 3.8) is 0 Å². The number of carbonyl (C=O) groups excluding carboxylic acids is 3. The Morgan fingerprint density at radius 2 is 1.65 bits per heavy atom. The highest BCUT2D eigenvalue weighted by molar-refractivity contribution is 6.31. The highest BCUT2D eigenvalue weighted by atomic mass is 35.5. The lowest BCUT2D eigenvalue weighted by Crippen LogP contribution is -2.61. The molecule has 0 unspecified atom stereocenters. The number of hydrogen-bond donors (Lipinski definition) is 3. The van der Waals surface area contributed by atoms with Crippen LogP contribution < -0.4 is 35.6 Å². The molecule has 276 valence electrons. The van der Waals surface area contributed by atoms with E-state index in [-0.39, 0.29) is 43.1 Å². The molecule has 0 saturated carbocycles. The van der Waals surface area contributed by atoms with Crippen LogP contribution >= 0.6 is 11.6 Å². The van der Waals surface area contributed by atoms with Crippen LogP contribution in [0.1, 0.15) is 25.7 Å². The van der Waals surface area contributed by atoms with Gasteiger partial charge in [-0.3, -0.25) is 14.5 Å². The summed E-state index contributed by atoms with van der Waals surface area (Å²) in [4.78, 5) is 61.6. The standard InChI is InChI=1S/C35H39ClFN7O8/c1-20(43(28-13-11-25(50-3)19-29(28)51-4)34(48)38-24-9-7-23(37)8-10-24)31-39-27-12-6-22(36)18-26(27)32(46)44(31)42-16-14-41(15-17-42)33(47)30(21(2)45)40-35(49)52-5/h6-13,18-21,30,45H,14-17H2,1-5H3,(H,38,48)(H,40,49)/t20-,21-,30-/m0/s1. The number of urea groups is 1. The zero-order valence-electron chi connectivity index (χ0n) is 29.1. The van der Waals surface area contributed by atoms with Gasteiger partial charge in [-0.25, -0.2) is 23.6 Å². The zero-order chi connectivity index (χ0) is 37.7. The average Bonchev–Trinajstić information content (AvgIpc) is 3.14. The van der Waals surface area contributed by atoms with Gasteiger partial charge in [0.25, 0.3) is 5.56 Å². The fraction of sp³-hybridized carbons (Fsp3) is 0.343. The van der Waals surface area contributed by atoms with Crippen LogP contribution in [0.5, 0.6) is 11.5 Å². The number of methoxy groups -OCH3 is 3. The second-order valence-electron chi connectivity index (χ2n) is 11.9. The van der Waals surface area contributed by atoms with E-state index in [1.54, 1.807) is 42.3 Å². The predicted octanol–water partition coefficient (Wildman–Crippen LogP) is 3.89. The van der Waals surface area contributed by atoms with E-state index in [2.05, 4.69) is 15.4 Å². The molecule has 5 rings (SSSR count). The molecule has 15 nitrogen and oxygen atoms in total. The number of fused-ring (bicyclic) bond motifs is 1. The Labute approximate surface area is 303 Å². The number of halogens is 2. The van der Waals surface area contributed by atoms with Gasteiger partial charge in [-0.2, -0.15) is 0 Å². The van der Waals surface area contributed by atoms with Gasteiger partial charge >= 0.3 is 12.1 Å². The summed E-state index contributed by atoms with van der Waals surface area (Å²) in [6.07, 6.45) is -2.08. The Balaban J connectivity index is 1.58. The van der Waals surface area contributed by atoms with Gasteiger partial charge in [-0.15, -0.1) is 0 Å². The third-order valence-electron chi connectivity index (χ3n) is 8.61. The van der Waals surface area contributed by atoms with E-state index in [1.807, 2.05) is 0 Å². The Morgan fingerprint density at radius 3 is 2.27 bits per heavy atom. The van der Waals surface area contributed by atoms with Crippen LogP contribution in [-0.2, 0) is 9.53 Å². The molecule has 4 amide bonds. The predicted molar refractivity (Wildman–Crippen MR) is 192 cm³/mol. The van der Waals surface area contributed by atoms with Crippen molar-refractivity contribution in [3.8, 4) is 11.5 Å². The summed E-state index contributed by atoms with van der Waals surface area (Å²) >= 11 is 6.30. The normalized spacial score (nSPS) is 14.6. The second-order valence-corrected chi connectivity index (χ2v) is 12.3. The van der Waals surface area contributed by atoms with Gasteiger partial charge in [0.1, 0.15) is 23.4 Å². The number of alkyl carbamates (subject to hydrolysis) is 1. The summed E-state index contributed by atoms with van der Waals surface area (Å²) in [6.45, 7) is 3.57. The van der Waals surface area contributed by atoms with Gasteiger partial charge in [0.2, 0.25) is 5.91 Å². The van der Waals surface area contributed by atoms with E-state index in [0.29, 0.717) is 27.7 Å². The topological polar surface area (TPSA) is 168 Å². The fourth-order valence-electron chi connectivity index (χ4n) is 5.91. The van der Waals surface area contributed by atoms with E-state index in [4.69, 9.17) is 26.1 Å². The Morgan fingerprint density at radius 1 is 0.962 bits per heavy atom. The van der Waals surface area contributed by atoms with Crippen LogP contribution in [0, 0.1) is 5.82 Å². The lowest BCUT2D eigenvalue weighted by Gasteiger charge is -2.40. The average molecular weight is 740 g/mol. The SMILES string of the molecule is COC(=O)N[C@H](C(=O)N1CCN(n2c([C@H](C)N(C(=O)Nc3ccc(F)cc3)c3ccc(OC)cc3OC)nc3ccc(Cl)cc3c2=O)CC1)[C@H](C)O. The maximum atomic E-state index is 14.4. The molecular formula is C35H39ClFN7O8. The number of piperazine rings is 1. The van der Waals surface area contributed by atoms with Gasteiger partial charge in [-0.05, 0) is 68.4 Å². The van der Waals surface area contributed by atoms with Gasteiger partial charge in [0.05, 0.1) is 63.2 Å². The molecule has 3 N–H and O–H groups in total. The minimum atomic E-state index is -1.26. The van der Waals surface area contributed by atoms with Crippen LogP contribution in [0.4, 0.5) is 25.4 Å². The first-order valence-corrected chi connectivity index (χ1v) is 16.6. The molecular weight excluding hydrogens is 701 g/mol. The summed E-state index contributed by atoms with van der Waals surface area (Å²) in [5.41, 5.74) is 0.483. The molecule has 52 heavy (non-hydrogen) atoms. The number of aliphatic hydroxyl groups is 1. The van der Waals surface area contributed by atoms with Crippen LogP contribution in [-0.4, -0.2) is 97.4 Å². The number of carbonyl (C=O) groups is 3. The third-order valence-corrected chi connectivity index (χ3v) is 8.85. The summed E-state index contributed by atoms with van der Waals surface area (Å²) in [5, 5.41) is 17.7. The maximum Gasteiger partial charge on any atom is 0.407 e. The molecule has 1 aliphatic rings. The van der Waals surface area contributed by atoms with E-state index < -0.39 is 47.6 Å². The van der Waals surface area contributed by atoms with Crippen LogP contribution in [0.25, 0.3) is 10.9 Å². The quantitative estimate of drug-likeness (QED) is 0.217. The number of aromatic nitrogens is 2. The molecule has 4 aromatic rings. The van der Waals surface area contributed by atoms with Gasteiger partial charge in [0, 0.05) is 29.9 Å². The van der Waals surface area contributed by atoms with Gasteiger partial charge in [0.15, 0.2) is 5.82 Å². The van der Waals surface area contributed by atoms with Crippen molar-refractivity contribution in [2.45, 2.75) is 32.0 Å². The lowest BCUT2D eigenvalue weighted by molar-refractivity contribution is -0.136. The number of nitrogens with zero attached hydrogens (tertiary/aromatic N) is 5. The number of hydrogen-bond acceptors (Lipinski definition) is 10. The molecule has 1 aromatic heterocycles. The summed E-state index contributed by atoms with van der Waals surface area (Å²) in [7, 11) is 4.08. The number of nitrogens with one attached hydrogen (secondary N) is 2. The van der Waals surface area contributed by atoms with Crippen molar-refractivity contribution in [3.05, 3.63) is 87.7 Å². The smallest absolute Gasteiger partial charge is 0.407 e. The summed E-state index contributed by atoms with van der Waals surface area (Å²) < 4.78 is 30.8. The van der Waals surface area contributed by atoms with E-state index in [1.165, 1.54) is 66.0 Å². The van der Waals surface area contributed by atoms with Crippen molar-refractivity contribution < 1.29 is 38.1 Å². The van der Waals surface area contributed by atoms with Crippen molar-refractivity contribution >= 4 is 51.9 Å². The number of ether oxygens (including phenoxy) is 3. The van der Waals surface area contributed by atoms with E-state index in [0.717, 1.165) is 7.11 Å². The molecule has 2 heterocycles. The van der Waals surface area contributed by atoms with E-state index in [9.17, 15) is 28.7 Å². The van der Waals surface area contributed by atoms with Crippen LogP contribution in [0.15, 0.2) is 65.5 Å². The Kier molecular flexibility index (Phi) is 11.7. The molecule has 1 aliphatic heterocycles. The largest absolute Gasteiger partial charge is 0.497 e. The molecule has 1 fully saturated rings. The Hall–Kier alpha value is -5.61. The van der Waals surface area contributed by atoms with Crippen LogP contribution in [0.2, 0.25) is 5.02 Å². The first-order valence-electron chi connectivity index (χ1n) is 16.2. The van der Waals surface area contributed by atoms with Crippen molar-refractivity contribution in [1.29, 1.82) is 0 Å². The molecule has 0 aliphatic carbocycles. The number of anilines is 2. The lowest BCUT2D eigenvalue weighted by atomic mass is 10.1. The highest BCUT2D eigenvalue weighted by Crippen LogP contribution is 2.37. The minimum Gasteiger partial charge on any atom is -0.497 e. The zero-order valence-corrected chi connectivity index (χ0v) is 29.9. The number of benzene rings is 3. The van der Waals surface area contributed by atoms with Crippen LogP contribution in [0.3, 0.4) is 0 Å². The molecule has 0 radical (unpaired) electrons. The van der Waals surface area contributed by atoms with Gasteiger partial charge < -0.3 is 39.9 Å². The number of amides is 4. The van der Waals surface area contributed by atoms with Crippen molar-refractivity contribution in [2.24, 2.45) is 0 Å². The molecule has 0 bridgehead atoms. The first-order chi connectivity index (χ1) is 24.9. The Bertz CT molecular complexity index is 2000. The third kappa shape index (κ3) is 7.97. The minimum absolute atomic E-state index is 0.111. The second kappa shape index (κ2) is 16.2. The monoisotopic (exact) mass is 739 g/mol.